The molecular weight excluding hydrogens is 487 g/mol. The van der Waals surface area contributed by atoms with Crippen LogP contribution in [0, 0.1) is 11.8 Å². The Balaban J connectivity index is 1.30. The van der Waals surface area contributed by atoms with E-state index in [0.29, 0.717) is 45.3 Å². The van der Waals surface area contributed by atoms with Crippen LogP contribution in [0.15, 0.2) is 24.4 Å². The van der Waals surface area contributed by atoms with E-state index in [1.54, 1.807) is 16.9 Å². The summed E-state index contributed by atoms with van der Waals surface area (Å²) in [4.78, 5) is 25.3. The van der Waals surface area contributed by atoms with E-state index >= 15 is 0 Å². The predicted molar refractivity (Wildman–Crippen MR) is 139 cm³/mol. The molecule has 4 N–H and O–H groups in total. The zero-order valence-corrected chi connectivity index (χ0v) is 21.2. The lowest BCUT2D eigenvalue weighted by Gasteiger charge is -2.47. The Morgan fingerprint density at radius 1 is 1.23 bits per heavy atom. The van der Waals surface area contributed by atoms with Crippen LogP contribution in [0.3, 0.4) is 0 Å². The molecule has 2 fully saturated rings. The van der Waals surface area contributed by atoms with Crippen molar-refractivity contribution in [3.05, 3.63) is 40.0 Å². The van der Waals surface area contributed by atoms with E-state index in [9.17, 15) is 4.79 Å². The maximum atomic E-state index is 11.1. The van der Waals surface area contributed by atoms with Crippen molar-refractivity contribution in [2.75, 3.05) is 43.4 Å². The van der Waals surface area contributed by atoms with E-state index < -0.39 is 0 Å². The summed E-state index contributed by atoms with van der Waals surface area (Å²) in [5.41, 5.74) is 13.6. The van der Waals surface area contributed by atoms with Gasteiger partial charge in [-0.05, 0) is 55.8 Å². The molecule has 2 aliphatic rings. The molecule has 2 aromatic heterocycles. The first-order chi connectivity index (χ1) is 16.8. The molecule has 1 amide bonds. The van der Waals surface area contributed by atoms with Gasteiger partial charge in [-0.1, -0.05) is 29.3 Å². The van der Waals surface area contributed by atoms with Gasteiger partial charge in [0.25, 0.3) is 0 Å². The molecule has 2 saturated heterocycles. The number of amides is 1. The number of nitrogen functional groups attached to an aromatic ring is 1. The summed E-state index contributed by atoms with van der Waals surface area (Å²) >= 11 is 12.5. The number of anilines is 2. The van der Waals surface area contributed by atoms with Gasteiger partial charge >= 0.3 is 0 Å². The van der Waals surface area contributed by atoms with Gasteiger partial charge in [0.1, 0.15) is 5.82 Å². The number of nitrogens with zero attached hydrogens (tertiary/aromatic N) is 6. The Bertz CT molecular complexity index is 1240. The number of piperidine rings is 1. The maximum absolute atomic E-state index is 11.1. The molecule has 9 nitrogen and oxygen atoms in total. The van der Waals surface area contributed by atoms with Crippen LogP contribution in [-0.2, 0) is 4.79 Å². The number of carbonyl (C=O) groups is 1. The number of carbonyl (C=O) groups excluding carboxylic acids is 1. The molecule has 3 aromatic rings. The van der Waals surface area contributed by atoms with E-state index in [-0.39, 0.29) is 11.9 Å². The second-order valence-corrected chi connectivity index (χ2v) is 10.5. The number of aromatic nitrogens is 4. The zero-order chi connectivity index (χ0) is 24.7. The number of halogens is 2. The van der Waals surface area contributed by atoms with E-state index in [1.807, 2.05) is 19.1 Å². The first kappa shape index (κ1) is 24.1. The van der Waals surface area contributed by atoms with Crippen molar-refractivity contribution in [3.63, 3.8) is 0 Å². The van der Waals surface area contributed by atoms with Crippen molar-refractivity contribution < 1.29 is 4.79 Å². The highest BCUT2D eigenvalue weighted by Crippen LogP contribution is 2.35. The molecule has 0 radical (unpaired) electrons. The fourth-order valence-electron chi connectivity index (χ4n) is 5.26. The van der Waals surface area contributed by atoms with Crippen molar-refractivity contribution in [2.24, 2.45) is 17.6 Å². The van der Waals surface area contributed by atoms with Crippen molar-refractivity contribution in [1.82, 2.24) is 24.6 Å². The third-order valence-electron chi connectivity index (χ3n) is 7.31. The average Bonchev–Trinajstić information content (AvgIpc) is 3.12. The van der Waals surface area contributed by atoms with Gasteiger partial charge in [0, 0.05) is 42.6 Å². The molecule has 2 aliphatic heterocycles. The predicted octanol–water partition coefficient (Wildman–Crippen LogP) is 3.35. The van der Waals surface area contributed by atoms with Crippen LogP contribution in [0.5, 0.6) is 0 Å². The number of likely N-dealkylation sites (tertiary alicyclic amines) is 1. The number of nitrogens with two attached hydrogens (primary N) is 2. The Hall–Kier alpha value is -2.62. The number of hydrogen-bond donors (Lipinski definition) is 2. The Kier molecular flexibility index (Phi) is 6.74. The van der Waals surface area contributed by atoms with Crippen LogP contribution >= 0.6 is 23.2 Å². The zero-order valence-electron chi connectivity index (χ0n) is 19.7. The van der Waals surface area contributed by atoms with Crippen LogP contribution in [0.1, 0.15) is 37.8 Å². The number of rotatable bonds is 7. The van der Waals surface area contributed by atoms with Crippen LogP contribution in [-0.4, -0.2) is 63.3 Å². The van der Waals surface area contributed by atoms with E-state index in [0.717, 1.165) is 50.5 Å². The minimum atomic E-state index is -0.233. The molecular formula is C24H30Cl2N8O. The molecule has 186 valence electrons. The molecule has 11 heteroatoms. The van der Waals surface area contributed by atoms with Gasteiger partial charge in [-0.3, -0.25) is 4.79 Å². The first-order valence-corrected chi connectivity index (χ1v) is 12.8. The lowest BCUT2D eigenvalue weighted by atomic mass is 9.80. The highest BCUT2D eigenvalue weighted by Gasteiger charge is 2.36. The summed E-state index contributed by atoms with van der Waals surface area (Å²) in [6, 6.07) is 5.24. The standard InChI is InChI=1S/C24H30Cl2N8O/c1-14(18-5-4-17(25)9-19(18)26)34-24-22(23(28)31-34)29-10-21(30-24)33-12-16(13-33)15-3-2-7-32(11-15)8-6-20(27)35/h4-5,9-10,14-16H,2-3,6-8,11-13H2,1H3,(H2,27,35)(H2,28,31)/t14-,15-/m1/s1. The van der Waals surface area contributed by atoms with Gasteiger partial charge in [0.2, 0.25) is 5.91 Å². The van der Waals surface area contributed by atoms with Crippen LogP contribution in [0.25, 0.3) is 11.2 Å². The van der Waals surface area contributed by atoms with E-state index in [4.69, 9.17) is 39.7 Å². The SMILES string of the molecule is C[C@H](c1ccc(Cl)cc1Cl)n1nc(N)c2ncc(N3CC([C@@H]4CCCN(CCC(N)=O)C4)C3)nc21. The molecule has 5 rings (SSSR count). The summed E-state index contributed by atoms with van der Waals surface area (Å²) < 4.78 is 1.78. The number of benzene rings is 1. The lowest BCUT2D eigenvalue weighted by molar-refractivity contribution is -0.118. The van der Waals surface area contributed by atoms with Gasteiger partial charge < -0.3 is 21.3 Å². The highest BCUT2D eigenvalue weighted by atomic mass is 35.5. The third-order valence-corrected chi connectivity index (χ3v) is 7.88. The lowest BCUT2D eigenvalue weighted by Crippen LogP contribution is -2.54. The van der Waals surface area contributed by atoms with Crippen molar-refractivity contribution >= 4 is 51.9 Å². The fourth-order valence-corrected chi connectivity index (χ4v) is 5.83. The number of fused-ring (bicyclic) bond motifs is 1. The molecule has 2 atom stereocenters. The highest BCUT2D eigenvalue weighted by molar-refractivity contribution is 6.35. The summed E-state index contributed by atoms with van der Waals surface area (Å²) in [5.74, 6) is 2.16. The second-order valence-electron chi connectivity index (χ2n) is 9.66. The van der Waals surface area contributed by atoms with Crippen LogP contribution in [0.4, 0.5) is 11.6 Å². The molecule has 0 unspecified atom stereocenters. The molecule has 0 bridgehead atoms. The summed E-state index contributed by atoms with van der Waals surface area (Å²) in [7, 11) is 0. The fraction of sp³-hybridized carbons (Fsp3) is 0.500. The maximum Gasteiger partial charge on any atom is 0.218 e. The van der Waals surface area contributed by atoms with Gasteiger partial charge in [0.15, 0.2) is 17.0 Å². The summed E-state index contributed by atoms with van der Waals surface area (Å²) in [6.07, 6.45) is 4.59. The molecule has 0 spiro atoms. The van der Waals surface area contributed by atoms with Crippen LogP contribution in [0.2, 0.25) is 10.0 Å². The Morgan fingerprint density at radius 2 is 2.03 bits per heavy atom. The second kappa shape index (κ2) is 9.79. The summed E-state index contributed by atoms with van der Waals surface area (Å²) in [5, 5.41) is 5.67. The monoisotopic (exact) mass is 516 g/mol. The van der Waals surface area contributed by atoms with Gasteiger partial charge in [-0.15, -0.1) is 0 Å². The number of primary amides is 1. The largest absolute Gasteiger partial charge is 0.380 e. The average molecular weight is 517 g/mol. The van der Waals surface area contributed by atoms with Gasteiger partial charge in [-0.25, -0.2) is 14.6 Å². The molecule has 4 heterocycles. The van der Waals surface area contributed by atoms with Crippen LogP contribution < -0.4 is 16.4 Å². The quantitative estimate of drug-likeness (QED) is 0.493. The van der Waals surface area contributed by atoms with Crippen molar-refractivity contribution in [3.8, 4) is 0 Å². The van der Waals surface area contributed by atoms with Gasteiger partial charge in [0.05, 0.1) is 12.2 Å². The number of hydrogen-bond acceptors (Lipinski definition) is 7. The normalized spacial score (nSPS) is 20.2. The van der Waals surface area contributed by atoms with E-state index in [1.165, 1.54) is 6.42 Å². The molecule has 1 aromatic carbocycles. The topological polar surface area (TPSA) is 119 Å². The molecule has 35 heavy (non-hydrogen) atoms. The van der Waals surface area contributed by atoms with E-state index in [2.05, 4.69) is 19.9 Å². The minimum Gasteiger partial charge on any atom is -0.380 e. The Morgan fingerprint density at radius 3 is 2.77 bits per heavy atom. The third kappa shape index (κ3) is 4.90. The minimum absolute atomic E-state index is 0.193. The van der Waals surface area contributed by atoms with Crippen molar-refractivity contribution in [1.29, 1.82) is 0 Å². The molecule has 0 aliphatic carbocycles. The Labute approximate surface area is 214 Å². The first-order valence-electron chi connectivity index (χ1n) is 12.0. The molecule has 0 saturated carbocycles. The van der Waals surface area contributed by atoms with Gasteiger partial charge in [-0.2, -0.15) is 5.10 Å². The summed E-state index contributed by atoms with van der Waals surface area (Å²) in [6.45, 7) is 6.71. The van der Waals surface area contributed by atoms with Crippen molar-refractivity contribution in [2.45, 2.75) is 32.2 Å². The smallest absolute Gasteiger partial charge is 0.218 e.